The zero-order chi connectivity index (χ0) is 21.5. The van der Waals surface area contributed by atoms with Crippen molar-refractivity contribution in [2.45, 2.75) is 26.3 Å². The van der Waals surface area contributed by atoms with Gasteiger partial charge in [-0.15, -0.1) is 5.10 Å². The van der Waals surface area contributed by atoms with Gasteiger partial charge in [0.25, 0.3) is 5.56 Å². The molecule has 8 nitrogen and oxygen atoms in total. The van der Waals surface area contributed by atoms with Gasteiger partial charge in [0.15, 0.2) is 11.2 Å². The Morgan fingerprint density at radius 1 is 1.19 bits per heavy atom. The van der Waals surface area contributed by atoms with Gasteiger partial charge in [-0.1, -0.05) is 41.1 Å². The zero-order valence-corrected chi connectivity index (χ0v) is 17.6. The number of halogens is 1. The minimum absolute atomic E-state index is 0.103. The molecular formula is C22H19ClN6O2. The zero-order valence-electron chi connectivity index (χ0n) is 16.8. The Balaban J connectivity index is 1.47. The highest BCUT2D eigenvalue weighted by atomic mass is 35.5. The Labute approximate surface area is 182 Å². The molecule has 0 unspecified atom stereocenters. The van der Waals surface area contributed by atoms with E-state index in [4.69, 9.17) is 11.6 Å². The molecule has 0 aliphatic carbocycles. The molecule has 1 amide bonds. The highest BCUT2D eigenvalue weighted by molar-refractivity contribution is 6.31. The molecule has 0 N–H and O–H groups in total. The minimum Gasteiger partial charge on any atom is -0.311 e. The summed E-state index contributed by atoms with van der Waals surface area (Å²) in [5.74, 6) is -0.159. The van der Waals surface area contributed by atoms with Gasteiger partial charge >= 0.3 is 0 Å². The van der Waals surface area contributed by atoms with E-state index < -0.39 is 5.56 Å². The minimum atomic E-state index is -0.409. The molecule has 0 saturated carbocycles. The molecule has 1 aliphatic heterocycles. The van der Waals surface area contributed by atoms with E-state index in [1.165, 1.54) is 15.6 Å². The molecule has 0 fully saturated rings. The van der Waals surface area contributed by atoms with E-state index in [9.17, 15) is 9.59 Å². The second kappa shape index (κ2) is 7.63. The summed E-state index contributed by atoms with van der Waals surface area (Å²) in [7, 11) is 0. The summed E-state index contributed by atoms with van der Waals surface area (Å²) in [5, 5.41) is 8.67. The second-order valence-electron chi connectivity index (χ2n) is 7.56. The predicted octanol–water partition coefficient (Wildman–Crippen LogP) is 2.92. The quantitative estimate of drug-likeness (QED) is 0.495. The van der Waals surface area contributed by atoms with Crippen molar-refractivity contribution in [3.05, 3.63) is 75.3 Å². The number of carbonyl (C=O) groups is 1. The average molecular weight is 435 g/mol. The molecule has 1 aliphatic rings. The number of aromatic nitrogens is 5. The smallest absolute Gasteiger partial charge is 0.284 e. The summed E-state index contributed by atoms with van der Waals surface area (Å²) < 4.78 is 2.75. The number of benzene rings is 2. The van der Waals surface area contributed by atoms with Crippen LogP contribution in [0, 0.1) is 6.92 Å². The molecule has 0 saturated heterocycles. The predicted molar refractivity (Wildman–Crippen MR) is 118 cm³/mol. The summed E-state index contributed by atoms with van der Waals surface area (Å²) in [5.41, 5.74) is 3.65. The van der Waals surface area contributed by atoms with Crippen LogP contribution in [0.25, 0.3) is 16.9 Å². The molecule has 2 aromatic heterocycles. The van der Waals surface area contributed by atoms with Crippen molar-refractivity contribution in [2.24, 2.45) is 0 Å². The Morgan fingerprint density at radius 3 is 2.87 bits per heavy atom. The maximum absolute atomic E-state index is 13.0. The monoisotopic (exact) mass is 434 g/mol. The number of hydrogen-bond acceptors (Lipinski definition) is 5. The van der Waals surface area contributed by atoms with Crippen LogP contribution in [0.3, 0.4) is 0 Å². The van der Waals surface area contributed by atoms with Crippen LogP contribution in [0.1, 0.15) is 17.5 Å². The van der Waals surface area contributed by atoms with Crippen molar-refractivity contribution >= 4 is 34.4 Å². The van der Waals surface area contributed by atoms with E-state index in [0.29, 0.717) is 22.9 Å². The highest BCUT2D eigenvalue weighted by Gasteiger charge is 2.23. The van der Waals surface area contributed by atoms with Crippen LogP contribution in [0.15, 0.2) is 53.6 Å². The van der Waals surface area contributed by atoms with Crippen LogP contribution < -0.4 is 10.5 Å². The van der Waals surface area contributed by atoms with Crippen LogP contribution in [0.5, 0.6) is 0 Å². The van der Waals surface area contributed by atoms with Gasteiger partial charge in [0.2, 0.25) is 5.91 Å². The van der Waals surface area contributed by atoms with Crippen LogP contribution in [-0.4, -0.2) is 37.0 Å². The molecule has 0 atom stereocenters. The SMILES string of the molecule is Cc1ccc(-n2nnc3c(=O)n(CC(=O)N4CCCc5ccccc54)cnc32)cc1Cl. The number of fused-ring (bicyclic) bond motifs is 2. The number of anilines is 1. The van der Waals surface area contributed by atoms with E-state index in [2.05, 4.69) is 15.3 Å². The number of rotatable bonds is 3. The largest absolute Gasteiger partial charge is 0.311 e. The first-order chi connectivity index (χ1) is 15.0. The van der Waals surface area contributed by atoms with Crippen LogP contribution in [-0.2, 0) is 17.8 Å². The summed E-state index contributed by atoms with van der Waals surface area (Å²) in [6, 6.07) is 13.3. The molecule has 2 aromatic carbocycles. The van der Waals surface area contributed by atoms with Gasteiger partial charge in [0.05, 0.1) is 5.69 Å². The van der Waals surface area contributed by atoms with Gasteiger partial charge in [-0.3, -0.25) is 14.2 Å². The fourth-order valence-electron chi connectivity index (χ4n) is 3.87. The molecule has 0 bridgehead atoms. The van der Waals surface area contributed by atoms with Crippen LogP contribution in [0.2, 0.25) is 5.02 Å². The van der Waals surface area contributed by atoms with Crippen molar-refractivity contribution in [2.75, 3.05) is 11.4 Å². The molecule has 156 valence electrons. The highest BCUT2D eigenvalue weighted by Crippen LogP contribution is 2.27. The standard InChI is InChI=1S/C22H19ClN6O2/c1-14-8-9-16(11-17(14)23)29-21-20(25-26-29)22(31)27(13-24-21)12-19(30)28-10-4-6-15-5-2-3-7-18(15)28/h2-3,5,7-9,11,13H,4,6,10,12H2,1H3. The lowest BCUT2D eigenvalue weighted by atomic mass is 10.0. The van der Waals surface area contributed by atoms with Gasteiger partial charge in [0, 0.05) is 17.3 Å². The number of carbonyl (C=O) groups excluding carboxylic acids is 1. The third-order valence-corrected chi connectivity index (χ3v) is 5.95. The van der Waals surface area contributed by atoms with Gasteiger partial charge in [-0.2, -0.15) is 4.68 Å². The Morgan fingerprint density at radius 2 is 2.03 bits per heavy atom. The average Bonchev–Trinajstić information content (AvgIpc) is 3.22. The van der Waals surface area contributed by atoms with Crippen LogP contribution in [0.4, 0.5) is 5.69 Å². The third kappa shape index (κ3) is 3.38. The number of aryl methyl sites for hydroxylation is 2. The molecule has 4 aromatic rings. The summed E-state index contributed by atoms with van der Waals surface area (Å²) >= 11 is 6.22. The summed E-state index contributed by atoms with van der Waals surface area (Å²) in [6.45, 7) is 2.42. The molecular weight excluding hydrogens is 416 g/mol. The van der Waals surface area contributed by atoms with Crippen molar-refractivity contribution in [3.63, 3.8) is 0 Å². The molecule has 0 spiro atoms. The lowest BCUT2D eigenvalue weighted by Crippen LogP contribution is -2.39. The van der Waals surface area contributed by atoms with E-state index in [0.717, 1.165) is 29.7 Å². The number of nitrogens with zero attached hydrogens (tertiary/aromatic N) is 6. The Hall–Kier alpha value is -3.52. The first kappa shape index (κ1) is 19.4. The molecule has 5 rings (SSSR count). The lowest BCUT2D eigenvalue weighted by molar-refractivity contribution is -0.119. The van der Waals surface area contributed by atoms with Gasteiger partial charge in [0.1, 0.15) is 12.9 Å². The van der Waals surface area contributed by atoms with Gasteiger partial charge in [-0.05, 0) is 49.1 Å². The maximum atomic E-state index is 13.0. The normalized spacial score (nSPS) is 13.4. The van der Waals surface area contributed by atoms with E-state index in [1.54, 1.807) is 11.0 Å². The summed E-state index contributed by atoms with van der Waals surface area (Å²) in [4.78, 5) is 32.1. The Kier molecular flexibility index (Phi) is 4.78. The number of amides is 1. The topological polar surface area (TPSA) is 85.9 Å². The second-order valence-corrected chi connectivity index (χ2v) is 7.97. The van der Waals surface area contributed by atoms with E-state index in [-0.39, 0.29) is 18.0 Å². The lowest BCUT2D eigenvalue weighted by Gasteiger charge is -2.29. The van der Waals surface area contributed by atoms with Gasteiger partial charge in [-0.25, -0.2) is 4.98 Å². The van der Waals surface area contributed by atoms with E-state index in [1.807, 2.05) is 43.3 Å². The number of para-hydroxylation sites is 1. The fraction of sp³-hybridized carbons (Fsp3) is 0.227. The molecule has 0 radical (unpaired) electrons. The van der Waals surface area contributed by atoms with Crippen molar-refractivity contribution in [3.8, 4) is 5.69 Å². The fourth-order valence-corrected chi connectivity index (χ4v) is 4.04. The maximum Gasteiger partial charge on any atom is 0.284 e. The first-order valence-corrected chi connectivity index (χ1v) is 10.4. The van der Waals surface area contributed by atoms with Crippen LogP contribution >= 0.6 is 11.6 Å². The van der Waals surface area contributed by atoms with E-state index >= 15 is 0 Å². The van der Waals surface area contributed by atoms with Gasteiger partial charge < -0.3 is 4.90 Å². The Bertz CT molecular complexity index is 1380. The molecule has 31 heavy (non-hydrogen) atoms. The molecule has 9 heteroatoms. The summed E-state index contributed by atoms with van der Waals surface area (Å²) in [6.07, 6.45) is 3.20. The number of hydrogen-bond donors (Lipinski definition) is 0. The van der Waals surface area contributed by atoms with Crippen molar-refractivity contribution < 1.29 is 4.79 Å². The van der Waals surface area contributed by atoms with Crippen molar-refractivity contribution in [1.82, 2.24) is 24.5 Å². The molecule has 3 heterocycles. The third-order valence-electron chi connectivity index (χ3n) is 5.55. The first-order valence-electron chi connectivity index (χ1n) is 9.98. The van der Waals surface area contributed by atoms with Crippen molar-refractivity contribution in [1.29, 1.82) is 0 Å².